The molecule has 1 aliphatic carbocycles. The molecule has 0 N–H and O–H groups in total. The summed E-state index contributed by atoms with van der Waals surface area (Å²) in [6, 6.07) is 0.666. The molecule has 0 spiro atoms. The van der Waals surface area contributed by atoms with Gasteiger partial charge >= 0.3 is 5.97 Å². The second kappa shape index (κ2) is 5.41. The maximum atomic E-state index is 11.5. The highest BCUT2D eigenvalue weighted by molar-refractivity contribution is 7.99. The lowest BCUT2D eigenvalue weighted by atomic mass is 9.89. The predicted octanol–water partition coefficient (Wildman–Crippen LogP) is 1.91. The van der Waals surface area contributed by atoms with Crippen molar-refractivity contribution in [3.8, 4) is 0 Å². The average Bonchev–Trinajstić information content (AvgIpc) is 2.27. The van der Waals surface area contributed by atoms with Crippen LogP contribution < -0.4 is 0 Å². The van der Waals surface area contributed by atoms with Gasteiger partial charge in [0.05, 0.1) is 7.11 Å². The molecule has 1 saturated carbocycles. The van der Waals surface area contributed by atoms with E-state index in [9.17, 15) is 4.79 Å². The van der Waals surface area contributed by atoms with E-state index >= 15 is 0 Å². The van der Waals surface area contributed by atoms with E-state index in [4.69, 9.17) is 4.74 Å². The molecule has 1 heterocycles. The van der Waals surface area contributed by atoms with E-state index in [1.54, 1.807) is 0 Å². The van der Waals surface area contributed by atoms with Gasteiger partial charge in [0.2, 0.25) is 0 Å². The van der Waals surface area contributed by atoms with E-state index < -0.39 is 0 Å². The molecule has 3 unspecified atom stereocenters. The molecule has 0 radical (unpaired) electrons. The summed E-state index contributed by atoms with van der Waals surface area (Å²) in [4.78, 5) is 13.9. The fourth-order valence-corrected chi connectivity index (χ4v) is 3.69. The Kier molecular flexibility index (Phi) is 4.14. The quantitative estimate of drug-likeness (QED) is 0.708. The summed E-state index contributed by atoms with van der Waals surface area (Å²) in [5.41, 5.74) is 0. The van der Waals surface area contributed by atoms with Crippen molar-refractivity contribution in [3.05, 3.63) is 0 Å². The Morgan fingerprint density at radius 2 is 2.19 bits per heavy atom. The molecule has 0 aromatic heterocycles. The number of esters is 1. The molecule has 2 aliphatic rings. The molecular formula is C12H21NO2S. The minimum Gasteiger partial charge on any atom is -0.468 e. The molecular weight excluding hydrogens is 222 g/mol. The van der Waals surface area contributed by atoms with E-state index in [1.165, 1.54) is 32.8 Å². The second-order valence-electron chi connectivity index (χ2n) is 4.74. The largest absolute Gasteiger partial charge is 0.468 e. The van der Waals surface area contributed by atoms with Gasteiger partial charge in [-0.05, 0) is 31.9 Å². The minimum atomic E-state index is -0.0440. The van der Waals surface area contributed by atoms with Crippen LogP contribution in [0, 0.1) is 0 Å². The third-order valence-electron chi connectivity index (χ3n) is 3.94. The smallest absolute Gasteiger partial charge is 0.323 e. The lowest BCUT2D eigenvalue weighted by Gasteiger charge is -2.46. The Bertz CT molecular complexity index is 259. The third kappa shape index (κ3) is 2.38. The van der Waals surface area contributed by atoms with Crippen LogP contribution >= 0.6 is 11.8 Å². The highest BCUT2D eigenvalue weighted by Gasteiger charge is 2.40. The first-order valence-electron chi connectivity index (χ1n) is 6.12. The number of carbonyl (C=O) groups is 1. The molecule has 0 aromatic rings. The number of methoxy groups -OCH3 is 1. The first kappa shape index (κ1) is 12.2. The average molecular weight is 243 g/mol. The standard InChI is InChI=1S/C12H21NO2S/c1-15-12(14)11-6-7-13(11)9-4-3-5-10(8-9)16-2/h9-11H,3-8H2,1-2H3. The van der Waals surface area contributed by atoms with Gasteiger partial charge in [-0.2, -0.15) is 11.8 Å². The van der Waals surface area contributed by atoms with Crippen molar-refractivity contribution in [2.75, 3.05) is 19.9 Å². The fourth-order valence-electron chi connectivity index (χ4n) is 2.87. The fraction of sp³-hybridized carbons (Fsp3) is 0.917. The van der Waals surface area contributed by atoms with Crippen molar-refractivity contribution in [2.45, 2.75) is 49.4 Å². The van der Waals surface area contributed by atoms with Gasteiger partial charge in [-0.3, -0.25) is 9.69 Å². The molecule has 3 nitrogen and oxygen atoms in total. The van der Waals surface area contributed by atoms with Gasteiger partial charge in [0.25, 0.3) is 0 Å². The molecule has 1 saturated heterocycles. The molecule has 16 heavy (non-hydrogen) atoms. The summed E-state index contributed by atoms with van der Waals surface area (Å²) < 4.78 is 4.84. The van der Waals surface area contributed by atoms with E-state index in [0.29, 0.717) is 6.04 Å². The summed E-state index contributed by atoms with van der Waals surface area (Å²) in [5, 5.41) is 0.789. The van der Waals surface area contributed by atoms with Gasteiger partial charge in [-0.25, -0.2) is 0 Å². The zero-order valence-electron chi connectivity index (χ0n) is 10.1. The molecule has 92 valence electrons. The Morgan fingerprint density at radius 3 is 2.75 bits per heavy atom. The highest BCUT2D eigenvalue weighted by Crippen LogP contribution is 2.34. The number of likely N-dealkylation sites (tertiary alicyclic amines) is 1. The van der Waals surface area contributed by atoms with E-state index in [2.05, 4.69) is 11.2 Å². The number of thioether (sulfide) groups is 1. The Hall–Kier alpha value is -0.220. The summed E-state index contributed by atoms with van der Waals surface area (Å²) in [6.45, 7) is 1.07. The zero-order valence-corrected chi connectivity index (χ0v) is 11.0. The minimum absolute atomic E-state index is 0.0440. The number of ether oxygens (including phenoxy) is 1. The molecule has 1 aliphatic heterocycles. The van der Waals surface area contributed by atoms with Crippen LogP contribution in [0.25, 0.3) is 0 Å². The second-order valence-corrected chi connectivity index (χ2v) is 5.88. The summed E-state index contributed by atoms with van der Waals surface area (Å²) >= 11 is 1.97. The zero-order chi connectivity index (χ0) is 11.5. The molecule has 4 heteroatoms. The first-order chi connectivity index (χ1) is 7.76. The van der Waals surface area contributed by atoms with E-state index in [0.717, 1.165) is 18.2 Å². The maximum absolute atomic E-state index is 11.5. The number of carbonyl (C=O) groups excluding carboxylic acids is 1. The molecule has 2 fully saturated rings. The number of rotatable bonds is 3. The summed E-state index contributed by atoms with van der Waals surface area (Å²) in [6.07, 6.45) is 8.32. The van der Waals surface area contributed by atoms with Gasteiger partial charge in [0.1, 0.15) is 6.04 Å². The topological polar surface area (TPSA) is 29.5 Å². The van der Waals surface area contributed by atoms with Crippen LogP contribution in [0.3, 0.4) is 0 Å². The van der Waals surface area contributed by atoms with Crippen LogP contribution in [0.4, 0.5) is 0 Å². The SMILES string of the molecule is COC(=O)C1CCN1C1CCCC(SC)C1. The highest BCUT2D eigenvalue weighted by atomic mass is 32.2. The lowest BCUT2D eigenvalue weighted by molar-refractivity contribution is -0.154. The van der Waals surface area contributed by atoms with Gasteiger partial charge in [0.15, 0.2) is 0 Å². The Labute approximate surface area is 102 Å². The number of hydrogen-bond acceptors (Lipinski definition) is 4. The van der Waals surface area contributed by atoms with E-state index in [-0.39, 0.29) is 12.0 Å². The van der Waals surface area contributed by atoms with Crippen molar-refractivity contribution in [1.82, 2.24) is 4.90 Å². The van der Waals surface area contributed by atoms with Gasteiger partial charge in [-0.1, -0.05) is 6.42 Å². The van der Waals surface area contributed by atoms with Crippen molar-refractivity contribution >= 4 is 17.7 Å². The first-order valence-corrected chi connectivity index (χ1v) is 7.41. The number of nitrogens with zero attached hydrogens (tertiary/aromatic N) is 1. The van der Waals surface area contributed by atoms with Gasteiger partial charge < -0.3 is 4.74 Å². The predicted molar refractivity (Wildman–Crippen MR) is 66.7 cm³/mol. The van der Waals surface area contributed by atoms with Crippen LogP contribution in [-0.4, -0.2) is 48.1 Å². The van der Waals surface area contributed by atoms with Crippen LogP contribution in [0.1, 0.15) is 32.1 Å². The van der Waals surface area contributed by atoms with Crippen LogP contribution in [-0.2, 0) is 9.53 Å². The van der Waals surface area contributed by atoms with Crippen LogP contribution in [0.2, 0.25) is 0 Å². The Balaban J connectivity index is 1.89. The molecule has 0 bridgehead atoms. The normalized spacial score (nSPS) is 35.5. The molecule has 2 rings (SSSR count). The summed E-state index contributed by atoms with van der Waals surface area (Å²) in [5.74, 6) is -0.0440. The van der Waals surface area contributed by atoms with Crippen molar-refractivity contribution in [1.29, 1.82) is 0 Å². The van der Waals surface area contributed by atoms with Crippen molar-refractivity contribution in [2.24, 2.45) is 0 Å². The van der Waals surface area contributed by atoms with Gasteiger partial charge in [0, 0.05) is 17.8 Å². The third-order valence-corrected chi connectivity index (χ3v) is 5.03. The molecule has 0 aromatic carbocycles. The molecule has 0 amide bonds. The van der Waals surface area contributed by atoms with Crippen LogP contribution in [0.15, 0.2) is 0 Å². The monoisotopic (exact) mass is 243 g/mol. The molecule has 3 atom stereocenters. The van der Waals surface area contributed by atoms with E-state index in [1.807, 2.05) is 11.8 Å². The van der Waals surface area contributed by atoms with Crippen LogP contribution in [0.5, 0.6) is 0 Å². The van der Waals surface area contributed by atoms with Gasteiger partial charge in [-0.15, -0.1) is 0 Å². The summed E-state index contributed by atoms with van der Waals surface area (Å²) in [7, 11) is 1.49. The number of hydrogen-bond donors (Lipinski definition) is 0. The van der Waals surface area contributed by atoms with Crippen molar-refractivity contribution < 1.29 is 9.53 Å². The maximum Gasteiger partial charge on any atom is 0.323 e. The lowest BCUT2D eigenvalue weighted by Crippen LogP contribution is -2.58. The van der Waals surface area contributed by atoms with Crippen molar-refractivity contribution in [3.63, 3.8) is 0 Å². The Morgan fingerprint density at radius 1 is 1.38 bits per heavy atom.